The van der Waals surface area contributed by atoms with Crippen molar-refractivity contribution in [1.82, 2.24) is 0 Å². The second-order valence-electron chi connectivity index (χ2n) is 6.05. The minimum Gasteiger partial charge on any atom is -0.507 e. The van der Waals surface area contributed by atoms with Gasteiger partial charge in [0.05, 0.1) is 5.56 Å². The fourth-order valence-corrected chi connectivity index (χ4v) is 2.26. The second kappa shape index (κ2) is 6.13. The molecule has 0 aromatic heterocycles. The van der Waals surface area contributed by atoms with Crippen LogP contribution in [0, 0.1) is 0 Å². The number of ketones is 1. The molecule has 0 aliphatic rings. The van der Waals surface area contributed by atoms with E-state index in [2.05, 4.69) is 20.8 Å². The highest BCUT2D eigenvalue weighted by Gasteiger charge is 2.21. The summed E-state index contributed by atoms with van der Waals surface area (Å²) in [5, 5.41) is 10.0. The van der Waals surface area contributed by atoms with E-state index < -0.39 is 0 Å². The smallest absolute Gasteiger partial charge is 0.170 e. The highest BCUT2D eigenvalue weighted by atomic mass is 16.3. The number of aromatic hydroxyl groups is 1. The molecule has 0 amide bonds. The molecule has 0 spiro atoms. The maximum absolute atomic E-state index is 12.4. The Morgan fingerprint density at radius 3 is 2.38 bits per heavy atom. The Bertz CT molecular complexity index is 627. The van der Waals surface area contributed by atoms with Crippen LogP contribution in [0.15, 0.2) is 48.5 Å². The quantitative estimate of drug-likeness (QED) is 0.819. The molecule has 110 valence electrons. The van der Waals surface area contributed by atoms with Gasteiger partial charge in [0.15, 0.2) is 5.78 Å². The number of benzene rings is 2. The SMILES string of the molecule is CCC(C)(C)c1ccc(O)c(C(=O)Cc2ccccc2)c1. The van der Waals surface area contributed by atoms with E-state index in [0.29, 0.717) is 12.0 Å². The summed E-state index contributed by atoms with van der Waals surface area (Å²) in [6.45, 7) is 6.41. The topological polar surface area (TPSA) is 37.3 Å². The molecule has 2 aromatic carbocycles. The molecule has 2 rings (SSSR count). The molecule has 0 saturated heterocycles. The minimum absolute atomic E-state index is 0.00449. The van der Waals surface area contributed by atoms with Crippen molar-refractivity contribution in [1.29, 1.82) is 0 Å². The van der Waals surface area contributed by atoms with Crippen LogP contribution in [0.25, 0.3) is 0 Å². The van der Waals surface area contributed by atoms with Gasteiger partial charge in [0.1, 0.15) is 5.75 Å². The van der Waals surface area contributed by atoms with Crippen molar-refractivity contribution in [3.05, 3.63) is 65.2 Å². The number of rotatable bonds is 5. The lowest BCUT2D eigenvalue weighted by molar-refractivity contribution is 0.0990. The summed E-state index contributed by atoms with van der Waals surface area (Å²) >= 11 is 0. The Labute approximate surface area is 126 Å². The Morgan fingerprint density at radius 2 is 1.76 bits per heavy atom. The average Bonchev–Trinajstić information content (AvgIpc) is 2.48. The normalized spacial score (nSPS) is 11.4. The van der Waals surface area contributed by atoms with Gasteiger partial charge in [-0.2, -0.15) is 0 Å². The lowest BCUT2D eigenvalue weighted by atomic mass is 9.81. The highest BCUT2D eigenvalue weighted by Crippen LogP contribution is 2.30. The zero-order valence-electron chi connectivity index (χ0n) is 12.9. The average molecular weight is 282 g/mol. The van der Waals surface area contributed by atoms with Gasteiger partial charge in [-0.15, -0.1) is 0 Å². The fraction of sp³-hybridized carbons (Fsp3) is 0.316. The van der Waals surface area contributed by atoms with Crippen LogP contribution < -0.4 is 0 Å². The van der Waals surface area contributed by atoms with Crippen LogP contribution in [0.2, 0.25) is 0 Å². The van der Waals surface area contributed by atoms with Gasteiger partial charge in [-0.3, -0.25) is 4.79 Å². The van der Waals surface area contributed by atoms with Gasteiger partial charge in [0.25, 0.3) is 0 Å². The first-order chi connectivity index (χ1) is 9.94. The van der Waals surface area contributed by atoms with Crippen molar-refractivity contribution in [2.24, 2.45) is 0 Å². The predicted molar refractivity (Wildman–Crippen MR) is 85.9 cm³/mol. The predicted octanol–water partition coefficient (Wildman–Crippen LogP) is 4.51. The molecule has 0 saturated carbocycles. The van der Waals surface area contributed by atoms with Gasteiger partial charge in [-0.05, 0) is 35.1 Å². The van der Waals surface area contributed by atoms with Crippen molar-refractivity contribution >= 4 is 5.78 Å². The van der Waals surface area contributed by atoms with Crippen LogP contribution in [0.1, 0.15) is 48.7 Å². The first-order valence-corrected chi connectivity index (χ1v) is 7.34. The number of hydrogen-bond acceptors (Lipinski definition) is 2. The fourth-order valence-electron chi connectivity index (χ4n) is 2.26. The largest absolute Gasteiger partial charge is 0.507 e. The van der Waals surface area contributed by atoms with Crippen LogP contribution in [0.3, 0.4) is 0 Å². The molecule has 0 bridgehead atoms. The Morgan fingerprint density at radius 1 is 1.10 bits per heavy atom. The van der Waals surface area contributed by atoms with Crippen molar-refractivity contribution in [3.8, 4) is 5.75 Å². The number of phenols is 1. The lowest BCUT2D eigenvalue weighted by Crippen LogP contribution is -2.16. The van der Waals surface area contributed by atoms with E-state index in [9.17, 15) is 9.90 Å². The molecular weight excluding hydrogens is 260 g/mol. The van der Waals surface area contributed by atoms with Crippen molar-refractivity contribution < 1.29 is 9.90 Å². The summed E-state index contributed by atoms with van der Waals surface area (Å²) in [6.07, 6.45) is 1.29. The Kier molecular flexibility index (Phi) is 4.46. The van der Waals surface area contributed by atoms with Crippen molar-refractivity contribution in [2.75, 3.05) is 0 Å². The zero-order chi connectivity index (χ0) is 15.5. The number of carbonyl (C=O) groups excluding carboxylic acids is 1. The van der Waals surface area contributed by atoms with E-state index in [1.165, 1.54) is 0 Å². The molecule has 0 fully saturated rings. The molecular formula is C19H22O2. The van der Waals surface area contributed by atoms with Gasteiger partial charge < -0.3 is 5.11 Å². The third-order valence-corrected chi connectivity index (χ3v) is 4.17. The van der Waals surface area contributed by atoms with Crippen molar-refractivity contribution in [2.45, 2.75) is 39.0 Å². The van der Waals surface area contributed by atoms with E-state index in [0.717, 1.165) is 17.5 Å². The van der Waals surface area contributed by atoms with E-state index in [1.54, 1.807) is 6.07 Å². The first-order valence-electron chi connectivity index (χ1n) is 7.34. The third-order valence-electron chi connectivity index (χ3n) is 4.17. The monoisotopic (exact) mass is 282 g/mol. The van der Waals surface area contributed by atoms with Crippen LogP contribution >= 0.6 is 0 Å². The molecule has 0 aliphatic carbocycles. The lowest BCUT2D eigenvalue weighted by Gasteiger charge is -2.24. The van der Waals surface area contributed by atoms with E-state index in [-0.39, 0.29) is 16.9 Å². The molecule has 21 heavy (non-hydrogen) atoms. The zero-order valence-corrected chi connectivity index (χ0v) is 12.9. The van der Waals surface area contributed by atoms with E-state index in [4.69, 9.17) is 0 Å². The standard InChI is InChI=1S/C19H22O2/c1-4-19(2,3)15-10-11-17(20)16(13-15)18(21)12-14-8-6-5-7-9-14/h5-11,13,20H,4,12H2,1-3H3. The molecule has 0 radical (unpaired) electrons. The molecule has 0 heterocycles. The summed E-state index contributed by atoms with van der Waals surface area (Å²) < 4.78 is 0. The van der Waals surface area contributed by atoms with Gasteiger partial charge in [-0.1, -0.05) is 57.2 Å². The van der Waals surface area contributed by atoms with Crippen LogP contribution in [-0.2, 0) is 11.8 Å². The summed E-state index contributed by atoms with van der Waals surface area (Å²) in [5.41, 5.74) is 2.45. The van der Waals surface area contributed by atoms with Crippen molar-refractivity contribution in [3.63, 3.8) is 0 Å². The first kappa shape index (κ1) is 15.3. The summed E-state index contributed by atoms with van der Waals surface area (Å²) in [4.78, 5) is 12.4. The number of carbonyl (C=O) groups is 1. The minimum atomic E-state index is -0.0487. The van der Waals surface area contributed by atoms with Crippen LogP contribution in [0.4, 0.5) is 0 Å². The molecule has 1 N–H and O–H groups in total. The molecule has 0 atom stereocenters. The van der Waals surface area contributed by atoms with Gasteiger partial charge in [0, 0.05) is 6.42 Å². The Balaban J connectivity index is 2.30. The maximum atomic E-state index is 12.4. The molecule has 0 unspecified atom stereocenters. The van der Waals surface area contributed by atoms with Gasteiger partial charge >= 0.3 is 0 Å². The molecule has 2 heteroatoms. The van der Waals surface area contributed by atoms with Crippen LogP contribution in [0.5, 0.6) is 5.75 Å². The van der Waals surface area contributed by atoms with Gasteiger partial charge in [0.2, 0.25) is 0 Å². The second-order valence-corrected chi connectivity index (χ2v) is 6.05. The highest BCUT2D eigenvalue weighted by molar-refractivity contribution is 6.00. The molecule has 0 aliphatic heterocycles. The molecule has 2 aromatic rings. The third kappa shape index (κ3) is 3.52. The maximum Gasteiger partial charge on any atom is 0.170 e. The van der Waals surface area contributed by atoms with E-state index in [1.807, 2.05) is 42.5 Å². The number of hydrogen-bond donors (Lipinski definition) is 1. The van der Waals surface area contributed by atoms with E-state index >= 15 is 0 Å². The number of phenolic OH excluding ortho intramolecular Hbond substituents is 1. The summed E-state index contributed by atoms with van der Waals surface area (Å²) in [5.74, 6) is 0.0130. The summed E-state index contributed by atoms with van der Waals surface area (Å²) in [7, 11) is 0. The number of Topliss-reactive ketones (excluding diaryl/α,β-unsaturated/α-hetero) is 1. The Hall–Kier alpha value is -2.09. The summed E-state index contributed by atoms with van der Waals surface area (Å²) in [6, 6.07) is 15.0. The van der Waals surface area contributed by atoms with Crippen LogP contribution in [-0.4, -0.2) is 10.9 Å². The van der Waals surface area contributed by atoms with Gasteiger partial charge in [-0.25, -0.2) is 0 Å². The molecule has 2 nitrogen and oxygen atoms in total.